The Bertz CT molecular complexity index is 409. The van der Waals surface area contributed by atoms with Crippen LogP contribution in [0.4, 0.5) is 0 Å². The van der Waals surface area contributed by atoms with Gasteiger partial charge in [0, 0.05) is 0 Å². The Morgan fingerprint density at radius 2 is 2.19 bits per heavy atom. The second-order valence-corrected chi connectivity index (χ2v) is 10.8. The summed E-state index contributed by atoms with van der Waals surface area (Å²) in [7, 11) is 0. The summed E-state index contributed by atoms with van der Waals surface area (Å²) in [5.41, 5.74) is 0. The molecule has 1 heterocycles. The molecule has 16 heavy (non-hydrogen) atoms. The average molecular weight is 326 g/mol. The van der Waals surface area contributed by atoms with Gasteiger partial charge in [0.15, 0.2) is 0 Å². The van der Waals surface area contributed by atoms with E-state index in [9.17, 15) is 4.57 Å². The molecule has 1 aliphatic rings. The second kappa shape index (κ2) is 5.12. The SMILES string of the molecule is CC1CC[Se]P(=O)(Oc2ccc(Cl)cc2)O1. The third kappa shape index (κ3) is 3.26. The number of benzene rings is 1. The van der Waals surface area contributed by atoms with Crippen LogP contribution in [0.25, 0.3) is 0 Å². The standard InChI is InChI=1S/C10H12ClO3PSe/c1-8-6-7-16-15(12,13-8)14-10-4-2-9(11)3-5-10/h2-5,8H,6-7H2,1H3. The first-order valence-corrected chi connectivity index (χ1v) is 10.3. The molecule has 3 nitrogen and oxygen atoms in total. The molecule has 1 fully saturated rings. The predicted molar refractivity (Wildman–Crippen MR) is 65.4 cm³/mol. The molecule has 1 saturated heterocycles. The summed E-state index contributed by atoms with van der Waals surface area (Å²) >= 11 is 5.68. The quantitative estimate of drug-likeness (QED) is 0.613. The van der Waals surface area contributed by atoms with Gasteiger partial charge in [-0.25, -0.2) is 0 Å². The summed E-state index contributed by atoms with van der Waals surface area (Å²) in [6.45, 7) is 1.92. The summed E-state index contributed by atoms with van der Waals surface area (Å²) in [5.74, 6) is 0.559. The number of rotatable bonds is 2. The molecule has 0 aliphatic carbocycles. The number of halogens is 1. The van der Waals surface area contributed by atoms with Crippen molar-refractivity contribution in [1.82, 2.24) is 0 Å². The van der Waals surface area contributed by atoms with Gasteiger partial charge in [0.2, 0.25) is 0 Å². The van der Waals surface area contributed by atoms with Crippen LogP contribution in [0.3, 0.4) is 0 Å². The van der Waals surface area contributed by atoms with Gasteiger partial charge in [0.25, 0.3) is 0 Å². The van der Waals surface area contributed by atoms with E-state index < -0.39 is 6.29 Å². The fourth-order valence-electron chi connectivity index (χ4n) is 1.31. The normalized spacial score (nSPS) is 30.0. The summed E-state index contributed by atoms with van der Waals surface area (Å²) in [5, 5.41) is 1.58. The zero-order valence-electron chi connectivity index (χ0n) is 8.76. The Morgan fingerprint density at radius 3 is 2.81 bits per heavy atom. The summed E-state index contributed by atoms with van der Waals surface area (Å²) in [4.78, 5) is 0. The maximum absolute atomic E-state index is 12.2. The van der Waals surface area contributed by atoms with Crippen molar-refractivity contribution in [2.45, 2.75) is 24.8 Å². The minimum absolute atomic E-state index is 0.0220. The monoisotopic (exact) mass is 326 g/mol. The van der Waals surface area contributed by atoms with E-state index in [1.165, 1.54) is 0 Å². The van der Waals surface area contributed by atoms with E-state index in [2.05, 4.69) is 0 Å². The topological polar surface area (TPSA) is 35.5 Å². The zero-order valence-corrected chi connectivity index (χ0v) is 12.1. The molecule has 1 aromatic rings. The van der Waals surface area contributed by atoms with Crippen molar-refractivity contribution in [1.29, 1.82) is 0 Å². The van der Waals surface area contributed by atoms with Gasteiger partial charge in [-0.1, -0.05) is 0 Å². The molecule has 1 aromatic carbocycles. The van der Waals surface area contributed by atoms with Crippen molar-refractivity contribution in [3.05, 3.63) is 29.3 Å². The predicted octanol–water partition coefficient (Wildman–Crippen LogP) is 3.76. The maximum atomic E-state index is 12.2. The molecular weight excluding hydrogens is 313 g/mol. The van der Waals surface area contributed by atoms with E-state index in [-0.39, 0.29) is 20.6 Å². The molecule has 0 bridgehead atoms. The Kier molecular flexibility index (Phi) is 3.99. The van der Waals surface area contributed by atoms with Gasteiger partial charge < -0.3 is 0 Å². The van der Waals surface area contributed by atoms with Gasteiger partial charge in [0.1, 0.15) is 0 Å². The zero-order chi connectivity index (χ0) is 11.6. The summed E-state index contributed by atoms with van der Waals surface area (Å²) < 4.78 is 23.2. The van der Waals surface area contributed by atoms with Gasteiger partial charge in [-0.05, 0) is 0 Å². The van der Waals surface area contributed by atoms with Crippen LogP contribution in [0.2, 0.25) is 10.3 Å². The van der Waals surface area contributed by atoms with Crippen LogP contribution in [0, 0.1) is 0 Å². The summed E-state index contributed by atoms with van der Waals surface area (Å²) in [6, 6.07) is 6.84. The van der Waals surface area contributed by atoms with Crippen LogP contribution in [-0.2, 0) is 9.09 Å². The Balaban J connectivity index is 2.08. The molecule has 0 radical (unpaired) electrons. The first kappa shape index (κ1) is 12.5. The summed E-state index contributed by atoms with van der Waals surface area (Å²) in [6.07, 6.45) is -1.90. The van der Waals surface area contributed by atoms with Crippen molar-refractivity contribution >= 4 is 32.4 Å². The fraction of sp³-hybridized carbons (Fsp3) is 0.400. The fourth-order valence-corrected chi connectivity index (χ4v) is 7.79. The first-order valence-electron chi connectivity index (χ1n) is 4.95. The van der Waals surface area contributed by atoms with Crippen LogP contribution in [0.5, 0.6) is 5.75 Å². The van der Waals surface area contributed by atoms with E-state index in [4.69, 9.17) is 20.6 Å². The number of hydrogen-bond acceptors (Lipinski definition) is 3. The van der Waals surface area contributed by atoms with Gasteiger partial charge in [0.05, 0.1) is 0 Å². The van der Waals surface area contributed by atoms with E-state index in [0.717, 1.165) is 11.7 Å². The average Bonchev–Trinajstić information content (AvgIpc) is 2.21. The van der Waals surface area contributed by atoms with Crippen molar-refractivity contribution in [3.8, 4) is 5.75 Å². The molecule has 0 saturated carbocycles. The van der Waals surface area contributed by atoms with E-state index in [1.54, 1.807) is 24.3 Å². The van der Waals surface area contributed by atoms with Gasteiger partial charge in [-0.3, -0.25) is 0 Å². The van der Waals surface area contributed by atoms with Crippen LogP contribution in [0.1, 0.15) is 13.3 Å². The molecule has 2 unspecified atom stereocenters. The third-order valence-electron chi connectivity index (χ3n) is 2.11. The van der Waals surface area contributed by atoms with E-state index in [1.807, 2.05) is 6.92 Å². The molecule has 6 heteroatoms. The molecule has 0 spiro atoms. The third-order valence-corrected chi connectivity index (χ3v) is 8.56. The molecule has 0 aromatic heterocycles. The van der Waals surface area contributed by atoms with Gasteiger partial charge in [-0.2, -0.15) is 0 Å². The minimum atomic E-state index is -2.89. The van der Waals surface area contributed by atoms with Crippen molar-refractivity contribution in [3.63, 3.8) is 0 Å². The van der Waals surface area contributed by atoms with Gasteiger partial charge in [-0.15, -0.1) is 0 Å². The Morgan fingerprint density at radius 1 is 1.50 bits per heavy atom. The second-order valence-electron chi connectivity index (χ2n) is 3.53. The van der Waals surface area contributed by atoms with Crippen molar-refractivity contribution < 1.29 is 13.6 Å². The molecule has 0 amide bonds. The van der Waals surface area contributed by atoms with Crippen LogP contribution in [-0.4, -0.2) is 20.6 Å². The Hall–Kier alpha value is 0.0195. The molecule has 1 aliphatic heterocycles. The van der Waals surface area contributed by atoms with Crippen molar-refractivity contribution in [2.75, 3.05) is 0 Å². The van der Waals surface area contributed by atoms with E-state index >= 15 is 0 Å². The molecule has 2 atom stereocenters. The van der Waals surface area contributed by atoms with Crippen LogP contribution < -0.4 is 4.52 Å². The van der Waals surface area contributed by atoms with Crippen molar-refractivity contribution in [2.24, 2.45) is 0 Å². The molecular formula is C10H12ClO3PSe. The molecule has 0 N–H and O–H groups in total. The first-order chi connectivity index (χ1) is 7.57. The van der Waals surface area contributed by atoms with Crippen LogP contribution in [0.15, 0.2) is 24.3 Å². The number of hydrogen-bond donors (Lipinski definition) is 0. The van der Waals surface area contributed by atoms with E-state index in [0.29, 0.717) is 10.8 Å². The van der Waals surface area contributed by atoms with Gasteiger partial charge >= 0.3 is 106 Å². The van der Waals surface area contributed by atoms with Crippen LogP contribution >= 0.6 is 17.9 Å². The molecule has 88 valence electrons. The Labute approximate surface area is 106 Å². The molecule has 2 rings (SSSR count).